The highest BCUT2D eigenvalue weighted by atomic mass is 15.1. The van der Waals surface area contributed by atoms with E-state index in [1.165, 1.54) is 11.1 Å². The molecule has 1 aromatic heterocycles. The summed E-state index contributed by atoms with van der Waals surface area (Å²) in [6.07, 6.45) is 9.97. The Bertz CT molecular complexity index is 338. The van der Waals surface area contributed by atoms with Gasteiger partial charge in [0.2, 0.25) is 0 Å². The molecule has 0 bridgehead atoms. The zero-order chi connectivity index (χ0) is 9.10. The second-order valence-corrected chi connectivity index (χ2v) is 3.19. The summed E-state index contributed by atoms with van der Waals surface area (Å²) in [6.45, 7) is 0.961. The van der Waals surface area contributed by atoms with E-state index in [1.807, 2.05) is 12.3 Å². The molecule has 0 fully saturated rings. The van der Waals surface area contributed by atoms with Crippen molar-refractivity contribution in [2.24, 2.45) is 0 Å². The molecular formula is C11H12N2. The Hall–Kier alpha value is -1.57. The summed E-state index contributed by atoms with van der Waals surface area (Å²) in [6, 6.07) is 4.06. The zero-order valence-corrected chi connectivity index (χ0v) is 7.64. The first-order valence-corrected chi connectivity index (χ1v) is 4.34. The van der Waals surface area contributed by atoms with Crippen molar-refractivity contribution in [3.8, 4) is 0 Å². The van der Waals surface area contributed by atoms with Gasteiger partial charge in [-0.15, -0.1) is 0 Å². The normalized spacial score (nSPS) is 15.8. The summed E-state index contributed by atoms with van der Waals surface area (Å²) in [4.78, 5) is 6.26. The molecule has 0 unspecified atom stereocenters. The summed E-state index contributed by atoms with van der Waals surface area (Å²) in [7, 11) is 2.07. The molecule has 1 aromatic rings. The van der Waals surface area contributed by atoms with E-state index in [4.69, 9.17) is 0 Å². The molecule has 0 saturated heterocycles. The highest BCUT2D eigenvalue weighted by Gasteiger charge is 2.05. The maximum atomic E-state index is 4.10. The minimum Gasteiger partial charge on any atom is -0.376 e. The highest BCUT2D eigenvalue weighted by Crippen LogP contribution is 2.16. The molecule has 1 aliphatic heterocycles. The van der Waals surface area contributed by atoms with Crippen molar-refractivity contribution >= 4 is 5.57 Å². The molecule has 0 aliphatic carbocycles. The Morgan fingerprint density at radius 3 is 3.08 bits per heavy atom. The summed E-state index contributed by atoms with van der Waals surface area (Å²) in [5.41, 5.74) is 2.52. The number of nitrogens with zero attached hydrogens (tertiary/aromatic N) is 2. The number of allylic oxidation sites excluding steroid dienone is 2. The molecule has 0 saturated carbocycles. The number of rotatable bonds is 1. The van der Waals surface area contributed by atoms with E-state index in [0.717, 1.165) is 6.54 Å². The van der Waals surface area contributed by atoms with Crippen LogP contribution in [0.3, 0.4) is 0 Å². The maximum absolute atomic E-state index is 4.10. The van der Waals surface area contributed by atoms with Crippen molar-refractivity contribution in [2.45, 2.75) is 0 Å². The van der Waals surface area contributed by atoms with E-state index < -0.39 is 0 Å². The van der Waals surface area contributed by atoms with Crippen LogP contribution in [0, 0.1) is 0 Å². The van der Waals surface area contributed by atoms with Crippen LogP contribution >= 0.6 is 0 Å². The van der Waals surface area contributed by atoms with Crippen molar-refractivity contribution in [2.75, 3.05) is 13.6 Å². The first kappa shape index (κ1) is 8.05. The van der Waals surface area contributed by atoms with Gasteiger partial charge < -0.3 is 4.90 Å². The summed E-state index contributed by atoms with van der Waals surface area (Å²) < 4.78 is 0. The Kier molecular flexibility index (Phi) is 2.13. The van der Waals surface area contributed by atoms with Crippen LogP contribution in [0.1, 0.15) is 5.56 Å². The highest BCUT2D eigenvalue weighted by molar-refractivity contribution is 5.68. The number of pyridine rings is 1. The molecule has 1 aliphatic rings. The molecule has 2 rings (SSSR count). The molecule has 0 radical (unpaired) electrons. The first-order valence-electron chi connectivity index (χ1n) is 4.34. The Morgan fingerprint density at radius 1 is 1.46 bits per heavy atom. The topological polar surface area (TPSA) is 16.1 Å². The third kappa shape index (κ3) is 1.78. The summed E-state index contributed by atoms with van der Waals surface area (Å²) in [5.74, 6) is 0. The molecule has 2 heterocycles. The number of likely N-dealkylation sites (N-methyl/N-ethyl adjacent to an activating group) is 1. The van der Waals surface area contributed by atoms with Crippen LogP contribution in [0.4, 0.5) is 0 Å². The average Bonchev–Trinajstić information content (AvgIpc) is 2.19. The predicted octanol–water partition coefficient (Wildman–Crippen LogP) is 1.92. The lowest BCUT2D eigenvalue weighted by molar-refractivity contribution is 0.512. The van der Waals surface area contributed by atoms with Gasteiger partial charge in [0, 0.05) is 26.0 Å². The second kappa shape index (κ2) is 3.44. The van der Waals surface area contributed by atoms with Gasteiger partial charge >= 0.3 is 0 Å². The lowest BCUT2D eigenvalue weighted by Crippen LogP contribution is -2.15. The van der Waals surface area contributed by atoms with Crippen molar-refractivity contribution in [1.29, 1.82) is 0 Å². The Morgan fingerprint density at radius 2 is 2.38 bits per heavy atom. The molecule has 0 aromatic carbocycles. The van der Waals surface area contributed by atoms with Crippen LogP contribution in [0.15, 0.2) is 42.9 Å². The van der Waals surface area contributed by atoms with Gasteiger partial charge in [-0.1, -0.05) is 12.1 Å². The van der Waals surface area contributed by atoms with Gasteiger partial charge in [0.1, 0.15) is 0 Å². The van der Waals surface area contributed by atoms with Gasteiger partial charge in [-0.2, -0.15) is 0 Å². The number of hydrogen-bond donors (Lipinski definition) is 0. The maximum Gasteiger partial charge on any atom is 0.0427 e. The number of aromatic nitrogens is 1. The van der Waals surface area contributed by atoms with E-state index in [9.17, 15) is 0 Å². The fourth-order valence-corrected chi connectivity index (χ4v) is 1.42. The quantitative estimate of drug-likeness (QED) is 0.643. The van der Waals surface area contributed by atoms with Crippen molar-refractivity contribution in [3.63, 3.8) is 0 Å². The monoisotopic (exact) mass is 172 g/mol. The van der Waals surface area contributed by atoms with Crippen LogP contribution in [0.2, 0.25) is 0 Å². The minimum absolute atomic E-state index is 0.961. The van der Waals surface area contributed by atoms with Crippen molar-refractivity contribution < 1.29 is 0 Å². The first-order chi connectivity index (χ1) is 6.36. The molecule has 13 heavy (non-hydrogen) atoms. The van der Waals surface area contributed by atoms with Gasteiger partial charge in [0.05, 0.1) is 0 Å². The molecule has 2 nitrogen and oxygen atoms in total. The van der Waals surface area contributed by atoms with Crippen LogP contribution in [-0.4, -0.2) is 23.5 Å². The Balaban J connectivity index is 2.28. The van der Waals surface area contributed by atoms with E-state index >= 15 is 0 Å². The van der Waals surface area contributed by atoms with Gasteiger partial charge in [-0.3, -0.25) is 4.98 Å². The largest absolute Gasteiger partial charge is 0.376 e. The smallest absolute Gasteiger partial charge is 0.0427 e. The third-order valence-corrected chi connectivity index (χ3v) is 2.09. The average molecular weight is 172 g/mol. The number of hydrogen-bond acceptors (Lipinski definition) is 2. The fourth-order valence-electron chi connectivity index (χ4n) is 1.42. The summed E-state index contributed by atoms with van der Waals surface area (Å²) in [5, 5.41) is 0. The van der Waals surface area contributed by atoms with Crippen LogP contribution in [0.25, 0.3) is 5.57 Å². The van der Waals surface area contributed by atoms with Gasteiger partial charge in [-0.05, 0) is 29.5 Å². The van der Waals surface area contributed by atoms with Crippen LogP contribution < -0.4 is 0 Å². The molecule has 66 valence electrons. The molecule has 0 spiro atoms. The molecule has 2 heteroatoms. The predicted molar refractivity (Wildman–Crippen MR) is 54.0 cm³/mol. The zero-order valence-electron chi connectivity index (χ0n) is 7.64. The van der Waals surface area contributed by atoms with Crippen molar-refractivity contribution in [3.05, 3.63) is 48.4 Å². The fraction of sp³-hybridized carbons (Fsp3) is 0.182. The third-order valence-electron chi connectivity index (χ3n) is 2.09. The lowest BCUT2D eigenvalue weighted by atomic mass is 10.1. The molecule has 0 atom stereocenters. The molecule has 0 amide bonds. The minimum atomic E-state index is 0.961. The summed E-state index contributed by atoms with van der Waals surface area (Å²) >= 11 is 0. The van der Waals surface area contributed by atoms with Gasteiger partial charge in [0.25, 0.3) is 0 Å². The standard InChI is InChI=1S/C11H12N2/c1-13-7-3-5-11(9-13)10-4-2-6-12-8-10/h2-8H,9H2,1H3. The van der Waals surface area contributed by atoms with E-state index in [1.54, 1.807) is 6.20 Å². The van der Waals surface area contributed by atoms with E-state index in [-0.39, 0.29) is 0 Å². The van der Waals surface area contributed by atoms with Crippen molar-refractivity contribution in [1.82, 2.24) is 9.88 Å². The van der Waals surface area contributed by atoms with Gasteiger partial charge in [0.15, 0.2) is 0 Å². The van der Waals surface area contributed by atoms with E-state index in [2.05, 4.69) is 41.3 Å². The second-order valence-electron chi connectivity index (χ2n) is 3.19. The van der Waals surface area contributed by atoms with Crippen LogP contribution in [-0.2, 0) is 0 Å². The molecule has 0 N–H and O–H groups in total. The van der Waals surface area contributed by atoms with Crippen LogP contribution in [0.5, 0.6) is 0 Å². The Labute approximate surface area is 78.2 Å². The van der Waals surface area contributed by atoms with Gasteiger partial charge in [-0.25, -0.2) is 0 Å². The van der Waals surface area contributed by atoms with E-state index in [0.29, 0.717) is 0 Å². The lowest BCUT2D eigenvalue weighted by Gasteiger charge is -2.19. The molecular weight excluding hydrogens is 160 g/mol. The SMILES string of the molecule is CN1C=CC=C(c2cccnc2)C1.